The smallest absolute Gasteiger partial charge is 0.161 e. The minimum Gasteiger partial charge on any atom is -0.334 e. The van der Waals surface area contributed by atoms with Crippen LogP contribution in [-0.4, -0.2) is 21.9 Å². The number of nitrogens with zero attached hydrogens (tertiary/aromatic N) is 2. The average molecular weight is 257 g/mol. The fourth-order valence-electron chi connectivity index (χ4n) is 2.04. The van der Waals surface area contributed by atoms with E-state index in [0.29, 0.717) is 6.04 Å². The lowest BCUT2D eigenvalue weighted by atomic mass is 10.1. The molecule has 92 valence electrons. The molecule has 1 atom stereocenters. The Bertz CT molecular complexity index is 589. The number of nitrogens with one attached hydrogen (secondary N) is 1. The first-order valence-electron chi connectivity index (χ1n) is 6.13. The number of anilines is 1. The Labute approximate surface area is 111 Å². The van der Waals surface area contributed by atoms with Gasteiger partial charge in [-0.1, -0.05) is 23.9 Å². The number of hydrogen-bond acceptors (Lipinski definition) is 4. The fraction of sp³-hybridized carbons (Fsp3) is 0.286. The normalized spacial score (nSPS) is 19.6. The van der Waals surface area contributed by atoms with Crippen molar-refractivity contribution >= 4 is 33.4 Å². The number of amidine groups is 1. The molecule has 3 rings (SSSR count). The van der Waals surface area contributed by atoms with Crippen LogP contribution >= 0.6 is 11.8 Å². The second-order valence-electron chi connectivity index (χ2n) is 4.45. The van der Waals surface area contributed by atoms with E-state index in [1.165, 1.54) is 5.39 Å². The van der Waals surface area contributed by atoms with Gasteiger partial charge in [0.15, 0.2) is 5.17 Å². The molecule has 0 bridgehead atoms. The highest BCUT2D eigenvalue weighted by molar-refractivity contribution is 8.14. The zero-order valence-electron chi connectivity index (χ0n) is 10.3. The number of fused-ring (bicyclic) bond motifs is 1. The van der Waals surface area contributed by atoms with Crippen molar-refractivity contribution < 1.29 is 0 Å². The van der Waals surface area contributed by atoms with Gasteiger partial charge in [0.05, 0.1) is 6.04 Å². The molecule has 2 aromatic rings. The van der Waals surface area contributed by atoms with Crippen LogP contribution in [0.15, 0.2) is 41.7 Å². The van der Waals surface area contributed by atoms with Crippen molar-refractivity contribution in [3.8, 4) is 0 Å². The van der Waals surface area contributed by atoms with Crippen molar-refractivity contribution in [2.75, 3.05) is 11.1 Å². The van der Waals surface area contributed by atoms with Crippen molar-refractivity contribution in [1.29, 1.82) is 0 Å². The highest BCUT2D eigenvalue weighted by Crippen LogP contribution is 2.25. The standard InChI is InChI=1S/C14H15N3S/c1-10-6-8-18-14(16-10)17-13-4-2-3-11-9-15-7-5-12(11)13/h2-5,7,9-10H,6,8H2,1H3,(H,16,17). The summed E-state index contributed by atoms with van der Waals surface area (Å²) < 4.78 is 0. The predicted molar refractivity (Wildman–Crippen MR) is 79.3 cm³/mol. The van der Waals surface area contributed by atoms with Gasteiger partial charge >= 0.3 is 0 Å². The highest BCUT2D eigenvalue weighted by atomic mass is 32.2. The molecule has 3 nitrogen and oxygen atoms in total. The fourth-order valence-corrected chi connectivity index (χ4v) is 3.13. The van der Waals surface area contributed by atoms with Gasteiger partial charge in [0, 0.05) is 34.6 Å². The van der Waals surface area contributed by atoms with Gasteiger partial charge in [-0.05, 0) is 25.5 Å². The van der Waals surface area contributed by atoms with Crippen LogP contribution in [0, 0.1) is 0 Å². The van der Waals surface area contributed by atoms with E-state index >= 15 is 0 Å². The number of thioether (sulfide) groups is 1. The Hall–Kier alpha value is -1.55. The average Bonchev–Trinajstić information content (AvgIpc) is 2.39. The van der Waals surface area contributed by atoms with Crippen LogP contribution < -0.4 is 5.32 Å². The van der Waals surface area contributed by atoms with Crippen LogP contribution in [0.25, 0.3) is 10.8 Å². The molecule has 0 spiro atoms. The summed E-state index contributed by atoms with van der Waals surface area (Å²) in [5.41, 5.74) is 1.11. The maximum atomic E-state index is 4.64. The monoisotopic (exact) mass is 257 g/mol. The summed E-state index contributed by atoms with van der Waals surface area (Å²) in [6.45, 7) is 2.16. The molecule has 0 aliphatic carbocycles. The molecule has 4 heteroatoms. The minimum atomic E-state index is 0.422. The van der Waals surface area contributed by atoms with Crippen LogP contribution in [0.1, 0.15) is 13.3 Å². The number of aliphatic imine (C=N–C) groups is 1. The molecule has 1 N–H and O–H groups in total. The largest absolute Gasteiger partial charge is 0.334 e. The van der Waals surface area contributed by atoms with E-state index in [1.807, 2.05) is 24.5 Å². The Kier molecular flexibility index (Phi) is 3.19. The Balaban J connectivity index is 1.95. The van der Waals surface area contributed by atoms with Crippen molar-refractivity contribution in [3.63, 3.8) is 0 Å². The lowest BCUT2D eigenvalue weighted by Crippen LogP contribution is -2.18. The van der Waals surface area contributed by atoms with Gasteiger partial charge in [0.1, 0.15) is 0 Å². The topological polar surface area (TPSA) is 37.3 Å². The number of aromatic nitrogens is 1. The van der Waals surface area contributed by atoms with E-state index in [-0.39, 0.29) is 0 Å². The van der Waals surface area contributed by atoms with Gasteiger partial charge in [0.2, 0.25) is 0 Å². The van der Waals surface area contributed by atoms with Crippen molar-refractivity contribution in [2.45, 2.75) is 19.4 Å². The van der Waals surface area contributed by atoms with E-state index in [4.69, 9.17) is 0 Å². The summed E-state index contributed by atoms with van der Waals surface area (Å²) in [6, 6.07) is 8.67. The van der Waals surface area contributed by atoms with Crippen LogP contribution in [0.2, 0.25) is 0 Å². The molecule has 0 fully saturated rings. The molecule has 0 saturated heterocycles. The molecular weight excluding hydrogens is 242 g/mol. The van der Waals surface area contributed by atoms with E-state index in [2.05, 4.69) is 34.3 Å². The zero-order chi connectivity index (χ0) is 12.4. The second-order valence-corrected chi connectivity index (χ2v) is 5.53. The zero-order valence-corrected chi connectivity index (χ0v) is 11.1. The first-order valence-corrected chi connectivity index (χ1v) is 7.12. The lowest BCUT2D eigenvalue weighted by Gasteiger charge is -2.18. The molecule has 2 heterocycles. The van der Waals surface area contributed by atoms with Crippen molar-refractivity contribution in [1.82, 2.24) is 4.98 Å². The SMILES string of the molecule is CC1CCSC(Nc2cccc3cnccc23)=N1. The van der Waals surface area contributed by atoms with E-state index < -0.39 is 0 Å². The van der Waals surface area contributed by atoms with E-state index in [0.717, 1.165) is 28.4 Å². The van der Waals surface area contributed by atoms with E-state index in [1.54, 1.807) is 11.8 Å². The van der Waals surface area contributed by atoms with E-state index in [9.17, 15) is 0 Å². The summed E-state index contributed by atoms with van der Waals surface area (Å²) in [6.07, 6.45) is 4.88. The first-order chi connectivity index (χ1) is 8.83. The summed E-state index contributed by atoms with van der Waals surface area (Å²) >= 11 is 1.79. The Morgan fingerprint density at radius 1 is 1.33 bits per heavy atom. The third-order valence-electron chi connectivity index (χ3n) is 3.03. The molecule has 1 aromatic carbocycles. The summed E-state index contributed by atoms with van der Waals surface area (Å²) in [5, 5.41) is 6.80. The third-order valence-corrected chi connectivity index (χ3v) is 3.96. The molecule has 0 radical (unpaired) electrons. The number of rotatable bonds is 1. The Morgan fingerprint density at radius 2 is 2.28 bits per heavy atom. The molecule has 0 saturated carbocycles. The van der Waals surface area contributed by atoms with Gasteiger partial charge in [-0.25, -0.2) is 0 Å². The highest BCUT2D eigenvalue weighted by Gasteiger charge is 2.12. The van der Waals surface area contributed by atoms with Crippen molar-refractivity contribution in [3.05, 3.63) is 36.7 Å². The van der Waals surface area contributed by atoms with Gasteiger partial charge < -0.3 is 5.32 Å². The number of benzene rings is 1. The number of hydrogen-bond donors (Lipinski definition) is 1. The van der Waals surface area contributed by atoms with Gasteiger partial charge in [0.25, 0.3) is 0 Å². The molecule has 1 aromatic heterocycles. The van der Waals surface area contributed by atoms with Crippen molar-refractivity contribution in [2.24, 2.45) is 4.99 Å². The summed E-state index contributed by atoms with van der Waals surface area (Å²) in [7, 11) is 0. The van der Waals surface area contributed by atoms with Gasteiger partial charge in [-0.3, -0.25) is 9.98 Å². The second kappa shape index (κ2) is 4.98. The molecule has 1 aliphatic heterocycles. The van der Waals surface area contributed by atoms with Crippen LogP contribution in [0.3, 0.4) is 0 Å². The van der Waals surface area contributed by atoms with Crippen LogP contribution in [-0.2, 0) is 0 Å². The lowest BCUT2D eigenvalue weighted by molar-refractivity contribution is 0.720. The van der Waals surface area contributed by atoms with Gasteiger partial charge in [-0.15, -0.1) is 0 Å². The first kappa shape index (κ1) is 11.5. The van der Waals surface area contributed by atoms with Crippen LogP contribution in [0.4, 0.5) is 5.69 Å². The summed E-state index contributed by atoms with van der Waals surface area (Å²) in [5.74, 6) is 1.14. The quantitative estimate of drug-likeness (QED) is 0.849. The van der Waals surface area contributed by atoms with Gasteiger partial charge in [-0.2, -0.15) is 0 Å². The maximum absolute atomic E-state index is 4.64. The Morgan fingerprint density at radius 3 is 3.17 bits per heavy atom. The molecule has 1 aliphatic rings. The third kappa shape index (κ3) is 2.34. The molecule has 1 unspecified atom stereocenters. The predicted octanol–water partition coefficient (Wildman–Crippen LogP) is 3.53. The molecular formula is C14H15N3S. The van der Waals surface area contributed by atoms with Crippen LogP contribution in [0.5, 0.6) is 0 Å². The minimum absolute atomic E-state index is 0.422. The molecule has 18 heavy (non-hydrogen) atoms. The maximum Gasteiger partial charge on any atom is 0.161 e. The number of pyridine rings is 1. The summed E-state index contributed by atoms with van der Waals surface area (Å²) in [4.78, 5) is 8.79. The molecule has 0 amide bonds.